The smallest absolute Gasteiger partial charge is 0.241 e. The van der Waals surface area contributed by atoms with Crippen molar-refractivity contribution in [2.24, 2.45) is 5.73 Å². The molecule has 5 heteroatoms. The van der Waals surface area contributed by atoms with E-state index in [2.05, 4.69) is 12.2 Å². The number of rotatable bonds is 8. The highest BCUT2D eigenvalue weighted by Gasteiger charge is 2.13. The summed E-state index contributed by atoms with van der Waals surface area (Å²) in [6.07, 6.45) is 1.56. The molecule has 112 valence electrons. The first-order valence-electron chi connectivity index (χ1n) is 6.89. The second-order valence-electron chi connectivity index (χ2n) is 4.74. The minimum Gasteiger partial charge on any atom is -0.491 e. The second kappa shape index (κ2) is 8.55. The summed E-state index contributed by atoms with van der Waals surface area (Å²) in [7, 11) is 1.58. The summed E-state index contributed by atoms with van der Waals surface area (Å²) in [6.45, 7) is 4.53. The van der Waals surface area contributed by atoms with Gasteiger partial charge in [0.25, 0.3) is 0 Å². The van der Waals surface area contributed by atoms with E-state index >= 15 is 0 Å². The fraction of sp³-hybridized carbons (Fsp3) is 0.533. The van der Waals surface area contributed by atoms with Gasteiger partial charge in [-0.15, -0.1) is 0 Å². The summed E-state index contributed by atoms with van der Waals surface area (Å²) < 4.78 is 10.6. The standard InChI is InChI=1S/C15H24N2O3/c1-4-11(2)20-13-7-5-6-12(10-13)17-15(18)14(16)8-9-19-3/h5-7,10-11,14H,4,8-9,16H2,1-3H3,(H,17,18). The Morgan fingerprint density at radius 3 is 2.85 bits per heavy atom. The van der Waals surface area contributed by atoms with E-state index in [9.17, 15) is 4.79 Å². The lowest BCUT2D eigenvalue weighted by atomic mass is 10.2. The van der Waals surface area contributed by atoms with Gasteiger partial charge < -0.3 is 20.5 Å². The summed E-state index contributed by atoms with van der Waals surface area (Å²) in [5.74, 6) is 0.519. The molecule has 1 aromatic carbocycles. The van der Waals surface area contributed by atoms with Crippen LogP contribution in [0.5, 0.6) is 5.75 Å². The predicted octanol–water partition coefficient (Wildman–Crippen LogP) is 2.17. The molecule has 2 unspecified atom stereocenters. The second-order valence-corrected chi connectivity index (χ2v) is 4.74. The molecule has 1 rings (SSSR count). The van der Waals surface area contributed by atoms with Crippen LogP contribution in [-0.4, -0.2) is 31.8 Å². The molecule has 0 fully saturated rings. The largest absolute Gasteiger partial charge is 0.491 e. The number of ether oxygens (including phenoxy) is 2. The summed E-state index contributed by atoms with van der Waals surface area (Å²) in [4.78, 5) is 11.9. The summed E-state index contributed by atoms with van der Waals surface area (Å²) in [5.41, 5.74) is 6.45. The van der Waals surface area contributed by atoms with Gasteiger partial charge in [-0.25, -0.2) is 0 Å². The van der Waals surface area contributed by atoms with Gasteiger partial charge in [0.1, 0.15) is 5.75 Å². The molecule has 0 spiro atoms. The number of carbonyl (C=O) groups excluding carboxylic acids is 1. The highest BCUT2D eigenvalue weighted by molar-refractivity contribution is 5.94. The van der Waals surface area contributed by atoms with E-state index in [4.69, 9.17) is 15.2 Å². The topological polar surface area (TPSA) is 73.6 Å². The Kier molecular flexibility index (Phi) is 7.04. The molecule has 0 bridgehead atoms. The Balaban J connectivity index is 2.59. The molecule has 0 aromatic heterocycles. The molecule has 3 N–H and O–H groups in total. The first kappa shape index (κ1) is 16.5. The number of nitrogens with one attached hydrogen (secondary N) is 1. The number of methoxy groups -OCH3 is 1. The third-order valence-corrected chi connectivity index (χ3v) is 2.98. The molecule has 0 saturated heterocycles. The average Bonchev–Trinajstić information content (AvgIpc) is 2.44. The van der Waals surface area contributed by atoms with Crippen molar-refractivity contribution >= 4 is 11.6 Å². The van der Waals surface area contributed by atoms with Crippen molar-refractivity contribution in [2.75, 3.05) is 19.0 Å². The fourth-order valence-electron chi connectivity index (χ4n) is 1.57. The Morgan fingerprint density at radius 2 is 2.20 bits per heavy atom. The zero-order valence-electron chi connectivity index (χ0n) is 12.4. The van der Waals surface area contributed by atoms with Crippen LogP contribution in [-0.2, 0) is 9.53 Å². The fourth-order valence-corrected chi connectivity index (χ4v) is 1.57. The van der Waals surface area contributed by atoms with Gasteiger partial charge in [0, 0.05) is 25.5 Å². The van der Waals surface area contributed by atoms with Crippen LogP contribution in [0.1, 0.15) is 26.7 Å². The number of hydrogen-bond acceptors (Lipinski definition) is 4. The van der Waals surface area contributed by atoms with E-state index in [1.165, 1.54) is 0 Å². The highest BCUT2D eigenvalue weighted by atomic mass is 16.5. The van der Waals surface area contributed by atoms with E-state index in [-0.39, 0.29) is 12.0 Å². The van der Waals surface area contributed by atoms with Crippen LogP contribution < -0.4 is 15.8 Å². The van der Waals surface area contributed by atoms with Gasteiger partial charge in [0.05, 0.1) is 12.1 Å². The number of amides is 1. The SMILES string of the molecule is CCC(C)Oc1cccc(NC(=O)C(N)CCOC)c1. The van der Waals surface area contributed by atoms with Gasteiger partial charge in [-0.05, 0) is 31.9 Å². The van der Waals surface area contributed by atoms with E-state index in [1.54, 1.807) is 13.2 Å². The molecular weight excluding hydrogens is 256 g/mol. The van der Waals surface area contributed by atoms with E-state index in [0.717, 1.165) is 12.2 Å². The maximum absolute atomic E-state index is 11.9. The van der Waals surface area contributed by atoms with Crippen molar-refractivity contribution in [1.29, 1.82) is 0 Å². The lowest BCUT2D eigenvalue weighted by Crippen LogP contribution is -2.36. The Morgan fingerprint density at radius 1 is 1.45 bits per heavy atom. The molecule has 0 aliphatic heterocycles. The molecule has 0 aliphatic rings. The molecule has 0 heterocycles. The lowest BCUT2D eigenvalue weighted by molar-refractivity contribution is -0.117. The number of carbonyl (C=O) groups is 1. The van der Waals surface area contributed by atoms with E-state index in [0.29, 0.717) is 18.7 Å². The molecule has 1 amide bonds. The maximum atomic E-state index is 11.9. The van der Waals surface area contributed by atoms with E-state index < -0.39 is 6.04 Å². The van der Waals surface area contributed by atoms with Crippen molar-refractivity contribution < 1.29 is 14.3 Å². The van der Waals surface area contributed by atoms with Crippen molar-refractivity contribution in [2.45, 2.75) is 38.8 Å². The van der Waals surface area contributed by atoms with Gasteiger partial charge in [-0.2, -0.15) is 0 Å². The van der Waals surface area contributed by atoms with Crippen LogP contribution in [0.3, 0.4) is 0 Å². The van der Waals surface area contributed by atoms with Gasteiger partial charge >= 0.3 is 0 Å². The van der Waals surface area contributed by atoms with Gasteiger partial charge in [0.2, 0.25) is 5.91 Å². The van der Waals surface area contributed by atoms with Crippen LogP contribution in [0.25, 0.3) is 0 Å². The number of benzene rings is 1. The first-order valence-corrected chi connectivity index (χ1v) is 6.89. The van der Waals surface area contributed by atoms with Gasteiger partial charge in [-0.1, -0.05) is 13.0 Å². The monoisotopic (exact) mass is 280 g/mol. The zero-order chi connectivity index (χ0) is 15.0. The quantitative estimate of drug-likeness (QED) is 0.765. The van der Waals surface area contributed by atoms with Crippen molar-refractivity contribution in [3.63, 3.8) is 0 Å². The number of anilines is 1. The third kappa shape index (κ3) is 5.59. The number of nitrogens with two attached hydrogens (primary N) is 1. The molecule has 2 atom stereocenters. The third-order valence-electron chi connectivity index (χ3n) is 2.98. The van der Waals surface area contributed by atoms with Crippen LogP contribution in [0.4, 0.5) is 5.69 Å². The van der Waals surface area contributed by atoms with E-state index in [1.807, 2.05) is 25.1 Å². The first-order chi connectivity index (χ1) is 9.56. The molecule has 5 nitrogen and oxygen atoms in total. The Bertz CT molecular complexity index is 423. The number of hydrogen-bond donors (Lipinski definition) is 2. The molecule has 0 radical (unpaired) electrons. The maximum Gasteiger partial charge on any atom is 0.241 e. The zero-order valence-corrected chi connectivity index (χ0v) is 12.4. The molecule has 0 aliphatic carbocycles. The normalized spacial score (nSPS) is 13.6. The molecule has 0 saturated carbocycles. The van der Waals surface area contributed by atoms with Gasteiger partial charge in [-0.3, -0.25) is 4.79 Å². The van der Waals surface area contributed by atoms with Crippen LogP contribution in [0.2, 0.25) is 0 Å². The summed E-state index contributed by atoms with van der Waals surface area (Å²) in [6, 6.07) is 6.74. The Labute approximate surface area is 120 Å². The van der Waals surface area contributed by atoms with Crippen LogP contribution in [0.15, 0.2) is 24.3 Å². The Hall–Kier alpha value is -1.59. The van der Waals surface area contributed by atoms with Crippen LogP contribution >= 0.6 is 0 Å². The van der Waals surface area contributed by atoms with Crippen molar-refractivity contribution in [3.8, 4) is 5.75 Å². The minimum absolute atomic E-state index is 0.143. The molecular formula is C15H24N2O3. The predicted molar refractivity (Wildman–Crippen MR) is 79.9 cm³/mol. The highest BCUT2D eigenvalue weighted by Crippen LogP contribution is 2.19. The van der Waals surface area contributed by atoms with Gasteiger partial charge in [0.15, 0.2) is 0 Å². The minimum atomic E-state index is -0.575. The molecule has 20 heavy (non-hydrogen) atoms. The van der Waals surface area contributed by atoms with Crippen molar-refractivity contribution in [1.82, 2.24) is 0 Å². The lowest BCUT2D eigenvalue weighted by Gasteiger charge is -2.15. The summed E-state index contributed by atoms with van der Waals surface area (Å²) >= 11 is 0. The van der Waals surface area contributed by atoms with Crippen LogP contribution in [0, 0.1) is 0 Å². The van der Waals surface area contributed by atoms with Crippen molar-refractivity contribution in [3.05, 3.63) is 24.3 Å². The average molecular weight is 280 g/mol. The molecule has 1 aromatic rings. The summed E-state index contributed by atoms with van der Waals surface area (Å²) in [5, 5.41) is 2.78.